The zero-order chi connectivity index (χ0) is 32.6. The summed E-state index contributed by atoms with van der Waals surface area (Å²) in [7, 11) is 0. The van der Waals surface area contributed by atoms with Gasteiger partial charge in [0.25, 0.3) is 0 Å². The predicted molar refractivity (Wildman–Crippen MR) is 204 cm³/mol. The van der Waals surface area contributed by atoms with Crippen LogP contribution in [0, 0.1) is 6.92 Å². The van der Waals surface area contributed by atoms with Crippen molar-refractivity contribution >= 4 is 44.6 Å². The van der Waals surface area contributed by atoms with Crippen LogP contribution in [0.1, 0.15) is 46.7 Å². The average molecular weight is 617 g/mol. The fourth-order valence-electron chi connectivity index (χ4n) is 7.08. The molecule has 2 aromatic heterocycles. The highest BCUT2D eigenvalue weighted by molar-refractivity contribution is 6.02. The zero-order valence-corrected chi connectivity index (χ0v) is 27.4. The average Bonchev–Trinajstić information content (AvgIpc) is 3.15. The van der Waals surface area contributed by atoms with Crippen LogP contribution in [0.15, 0.2) is 146 Å². The summed E-state index contributed by atoms with van der Waals surface area (Å²) in [5.74, 6) is 0. The number of rotatable bonds is 6. The third-order valence-corrected chi connectivity index (χ3v) is 9.76. The first-order valence-corrected chi connectivity index (χ1v) is 16.7. The van der Waals surface area contributed by atoms with Gasteiger partial charge in [-0.15, -0.1) is 0 Å². The largest absolute Gasteiger partial charge is 0.247 e. The number of aromatic nitrogens is 2. The van der Waals surface area contributed by atoms with E-state index in [1.54, 1.807) is 0 Å². The third kappa shape index (κ3) is 5.46. The van der Waals surface area contributed by atoms with Crippen LogP contribution in [0.2, 0.25) is 0 Å². The van der Waals surface area contributed by atoms with Crippen LogP contribution in [-0.4, -0.2) is 9.97 Å². The Labute approximate surface area is 282 Å². The normalized spacial score (nSPS) is 13.0. The monoisotopic (exact) mass is 616 g/mol. The van der Waals surface area contributed by atoms with E-state index in [1.165, 1.54) is 38.8 Å². The van der Waals surface area contributed by atoms with Crippen molar-refractivity contribution in [2.45, 2.75) is 26.7 Å². The van der Waals surface area contributed by atoms with Gasteiger partial charge in [0.15, 0.2) is 0 Å². The molecule has 2 heteroatoms. The van der Waals surface area contributed by atoms with Crippen LogP contribution in [0.25, 0.3) is 67.1 Å². The summed E-state index contributed by atoms with van der Waals surface area (Å²) in [6.45, 7) is 8.71. The fraction of sp³-hybridized carbons (Fsp3) is 0.0870. The van der Waals surface area contributed by atoms with Crippen molar-refractivity contribution in [1.82, 2.24) is 9.97 Å². The lowest BCUT2D eigenvalue weighted by Crippen LogP contribution is -2.05. The number of pyridine rings is 2. The Morgan fingerprint density at radius 3 is 2.02 bits per heavy atom. The number of benzene rings is 5. The van der Waals surface area contributed by atoms with Crippen molar-refractivity contribution in [2.24, 2.45) is 0 Å². The van der Waals surface area contributed by atoms with Gasteiger partial charge in [-0.2, -0.15) is 0 Å². The quantitative estimate of drug-likeness (QED) is 0.174. The summed E-state index contributed by atoms with van der Waals surface area (Å²) < 4.78 is 0. The van der Waals surface area contributed by atoms with Crippen molar-refractivity contribution in [3.63, 3.8) is 0 Å². The highest BCUT2D eigenvalue weighted by Gasteiger charge is 2.21. The van der Waals surface area contributed by atoms with Gasteiger partial charge >= 0.3 is 0 Å². The molecule has 2 heterocycles. The van der Waals surface area contributed by atoms with Crippen LogP contribution in [0.5, 0.6) is 0 Å². The molecule has 0 radical (unpaired) electrons. The molecule has 230 valence electrons. The Morgan fingerprint density at radius 2 is 1.23 bits per heavy atom. The number of hydrogen-bond acceptors (Lipinski definition) is 2. The lowest BCUT2D eigenvalue weighted by atomic mass is 9.82. The summed E-state index contributed by atoms with van der Waals surface area (Å²) in [6.07, 6.45) is 6.24. The smallest absolute Gasteiger partial charge is 0.0787 e. The lowest BCUT2D eigenvalue weighted by molar-refractivity contribution is 0.994. The van der Waals surface area contributed by atoms with E-state index in [0.717, 1.165) is 68.5 Å². The molecule has 0 unspecified atom stereocenters. The summed E-state index contributed by atoms with van der Waals surface area (Å²) in [4.78, 5) is 10.5. The molecular weight excluding hydrogens is 581 g/mol. The van der Waals surface area contributed by atoms with E-state index in [4.69, 9.17) is 9.97 Å². The van der Waals surface area contributed by atoms with Crippen LogP contribution < -0.4 is 0 Å². The first-order chi connectivity index (χ1) is 23.5. The minimum absolute atomic E-state index is 0.983. The van der Waals surface area contributed by atoms with Gasteiger partial charge in [0.1, 0.15) is 0 Å². The molecule has 0 fully saturated rings. The van der Waals surface area contributed by atoms with Crippen molar-refractivity contribution < 1.29 is 0 Å². The van der Waals surface area contributed by atoms with Gasteiger partial charge in [-0.05, 0) is 89.4 Å². The van der Waals surface area contributed by atoms with Crippen molar-refractivity contribution in [3.05, 3.63) is 179 Å². The summed E-state index contributed by atoms with van der Waals surface area (Å²) in [5.41, 5.74) is 17.4. The lowest BCUT2D eigenvalue weighted by Gasteiger charge is -2.23. The number of nitrogens with zero attached hydrogens (tertiary/aromatic N) is 2. The number of allylic oxidation sites excluding steroid dienone is 4. The molecule has 1 aliphatic rings. The van der Waals surface area contributed by atoms with E-state index < -0.39 is 0 Å². The minimum Gasteiger partial charge on any atom is -0.247 e. The second-order valence-corrected chi connectivity index (χ2v) is 12.7. The maximum absolute atomic E-state index is 5.23. The molecular formula is C46H36N2. The van der Waals surface area contributed by atoms with E-state index in [9.17, 15) is 0 Å². The molecule has 48 heavy (non-hydrogen) atoms. The highest BCUT2D eigenvalue weighted by Crippen LogP contribution is 2.41. The second-order valence-electron chi connectivity index (χ2n) is 12.7. The molecule has 0 bridgehead atoms. The zero-order valence-electron chi connectivity index (χ0n) is 27.4. The molecule has 0 spiro atoms. The number of aryl methyl sites for hydroxylation is 2. The van der Waals surface area contributed by atoms with Gasteiger partial charge in [-0.25, -0.2) is 9.97 Å². The third-order valence-electron chi connectivity index (χ3n) is 9.76. The van der Waals surface area contributed by atoms with Crippen molar-refractivity contribution in [3.8, 4) is 22.5 Å². The number of fused-ring (bicyclic) bond motifs is 4. The molecule has 1 aliphatic carbocycles. The Bertz CT molecular complexity index is 2410. The van der Waals surface area contributed by atoms with E-state index in [0.29, 0.717) is 0 Å². The first-order valence-electron chi connectivity index (χ1n) is 16.7. The molecule has 0 amide bonds. The van der Waals surface area contributed by atoms with Gasteiger partial charge in [-0.1, -0.05) is 134 Å². The SMILES string of the molecule is C=C(/C=C\c1ccc2ccc(-c3cccc(C4=C(C)c5c(ccc6ccc(-c7ccccc7)nc56)CC4)c3)nc2c1C)c1ccccc1. The summed E-state index contributed by atoms with van der Waals surface area (Å²) in [5, 5.41) is 2.32. The van der Waals surface area contributed by atoms with Gasteiger partial charge in [0, 0.05) is 27.5 Å². The van der Waals surface area contributed by atoms with E-state index in [2.05, 4.69) is 148 Å². The Hall–Kier alpha value is -5.86. The van der Waals surface area contributed by atoms with Crippen LogP contribution >= 0.6 is 0 Å². The van der Waals surface area contributed by atoms with Gasteiger partial charge in [-0.3, -0.25) is 0 Å². The Balaban J connectivity index is 1.16. The maximum Gasteiger partial charge on any atom is 0.0787 e. The molecule has 0 saturated heterocycles. The number of hydrogen-bond donors (Lipinski definition) is 0. The highest BCUT2D eigenvalue weighted by atomic mass is 14.7. The second kappa shape index (κ2) is 12.4. The Kier molecular flexibility index (Phi) is 7.62. The standard InChI is InChI=1S/C46H36N2/c1-30(33-11-6-4-7-12-33)17-18-34-19-21-37-24-28-43(47-45(37)31(34)2)40-16-10-15-39(29-40)41-26-23-36-20-22-38-25-27-42(35-13-8-5-9-14-35)48-46(38)44(36)32(41)3/h4-22,24-25,27-29H,1,23,26H2,2-3H3/b18-17-. The summed E-state index contributed by atoms with van der Waals surface area (Å²) in [6, 6.07) is 47.2. The fourth-order valence-corrected chi connectivity index (χ4v) is 7.08. The summed E-state index contributed by atoms with van der Waals surface area (Å²) >= 11 is 0. The van der Waals surface area contributed by atoms with E-state index >= 15 is 0 Å². The Morgan fingerprint density at radius 1 is 0.604 bits per heavy atom. The topological polar surface area (TPSA) is 25.8 Å². The van der Waals surface area contributed by atoms with Gasteiger partial charge in [0.05, 0.1) is 22.4 Å². The van der Waals surface area contributed by atoms with Crippen LogP contribution in [0.3, 0.4) is 0 Å². The van der Waals surface area contributed by atoms with Gasteiger partial charge < -0.3 is 0 Å². The first kappa shape index (κ1) is 29.5. The predicted octanol–water partition coefficient (Wildman–Crippen LogP) is 12.0. The van der Waals surface area contributed by atoms with E-state index in [-0.39, 0.29) is 0 Å². The molecule has 5 aromatic carbocycles. The molecule has 0 N–H and O–H groups in total. The molecule has 2 nitrogen and oxygen atoms in total. The molecule has 0 saturated carbocycles. The van der Waals surface area contributed by atoms with Crippen LogP contribution in [-0.2, 0) is 6.42 Å². The van der Waals surface area contributed by atoms with Crippen molar-refractivity contribution in [1.29, 1.82) is 0 Å². The van der Waals surface area contributed by atoms with Crippen LogP contribution in [0.4, 0.5) is 0 Å². The minimum atomic E-state index is 0.983. The molecule has 7 aromatic rings. The molecule has 8 rings (SSSR count). The molecule has 0 atom stereocenters. The van der Waals surface area contributed by atoms with E-state index in [1.807, 2.05) is 18.2 Å². The van der Waals surface area contributed by atoms with Crippen molar-refractivity contribution in [2.75, 3.05) is 0 Å². The molecule has 0 aliphatic heterocycles. The van der Waals surface area contributed by atoms with Gasteiger partial charge in [0.2, 0.25) is 0 Å². The maximum atomic E-state index is 5.23.